The standard InChI is InChI=1S/C13H16BrClN2O/c14-9-4-5-11(10(15)8-9)17-12(18)13(16)6-2-1-3-7-13/h4-5,8H,1-3,6-7,16H2,(H,17,18). The highest BCUT2D eigenvalue weighted by molar-refractivity contribution is 9.10. The van der Waals surface area contributed by atoms with E-state index in [1.165, 1.54) is 0 Å². The molecule has 0 heterocycles. The van der Waals surface area contributed by atoms with Crippen LogP contribution in [0.25, 0.3) is 0 Å². The Balaban J connectivity index is 2.11. The van der Waals surface area contributed by atoms with Crippen LogP contribution in [0.15, 0.2) is 22.7 Å². The molecule has 0 saturated heterocycles. The second-order valence-electron chi connectivity index (χ2n) is 4.80. The minimum atomic E-state index is -0.741. The Hall–Kier alpha value is -0.580. The lowest BCUT2D eigenvalue weighted by Gasteiger charge is -2.31. The van der Waals surface area contributed by atoms with Gasteiger partial charge in [0.05, 0.1) is 16.2 Å². The van der Waals surface area contributed by atoms with E-state index in [-0.39, 0.29) is 5.91 Å². The molecule has 1 saturated carbocycles. The molecular weight excluding hydrogens is 316 g/mol. The maximum Gasteiger partial charge on any atom is 0.244 e. The second kappa shape index (κ2) is 5.59. The summed E-state index contributed by atoms with van der Waals surface area (Å²) in [4.78, 5) is 12.2. The van der Waals surface area contributed by atoms with Crippen LogP contribution in [0.2, 0.25) is 5.02 Å². The Morgan fingerprint density at radius 2 is 2.00 bits per heavy atom. The topological polar surface area (TPSA) is 55.1 Å². The maximum absolute atomic E-state index is 12.2. The molecule has 1 aromatic rings. The molecule has 0 aromatic heterocycles. The molecule has 0 bridgehead atoms. The summed E-state index contributed by atoms with van der Waals surface area (Å²) in [6, 6.07) is 5.36. The van der Waals surface area contributed by atoms with Crippen molar-refractivity contribution in [1.29, 1.82) is 0 Å². The first-order chi connectivity index (χ1) is 8.51. The molecule has 0 aliphatic heterocycles. The van der Waals surface area contributed by atoms with Gasteiger partial charge in [-0.2, -0.15) is 0 Å². The van der Waals surface area contributed by atoms with Crippen molar-refractivity contribution in [2.24, 2.45) is 5.73 Å². The third-order valence-electron chi connectivity index (χ3n) is 3.38. The van der Waals surface area contributed by atoms with Gasteiger partial charge in [-0.3, -0.25) is 4.79 Å². The molecule has 98 valence electrons. The molecule has 1 fully saturated rings. The van der Waals surface area contributed by atoms with Gasteiger partial charge in [0.1, 0.15) is 0 Å². The minimum Gasteiger partial charge on any atom is -0.323 e. The summed E-state index contributed by atoms with van der Waals surface area (Å²) in [7, 11) is 0. The average molecular weight is 332 g/mol. The molecule has 0 radical (unpaired) electrons. The Bertz CT molecular complexity index is 458. The summed E-state index contributed by atoms with van der Waals surface area (Å²) in [5.74, 6) is -0.133. The molecule has 0 unspecified atom stereocenters. The number of anilines is 1. The summed E-state index contributed by atoms with van der Waals surface area (Å²) >= 11 is 9.40. The van der Waals surface area contributed by atoms with Gasteiger partial charge in [-0.1, -0.05) is 46.8 Å². The molecule has 18 heavy (non-hydrogen) atoms. The van der Waals surface area contributed by atoms with Crippen molar-refractivity contribution >= 4 is 39.1 Å². The SMILES string of the molecule is NC1(C(=O)Nc2ccc(Br)cc2Cl)CCCCC1. The highest BCUT2D eigenvalue weighted by atomic mass is 79.9. The lowest BCUT2D eigenvalue weighted by Crippen LogP contribution is -2.52. The van der Waals surface area contributed by atoms with Crippen LogP contribution in [-0.2, 0) is 4.79 Å². The van der Waals surface area contributed by atoms with Gasteiger partial charge in [-0.05, 0) is 31.0 Å². The molecule has 1 aliphatic rings. The van der Waals surface area contributed by atoms with Crippen LogP contribution in [0.5, 0.6) is 0 Å². The van der Waals surface area contributed by atoms with Crippen molar-refractivity contribution in [2.45, 2.75) is 37.6 Å². The number of benzene rings is 1. The van der Waals surface area contributed by atoms with Crippen LogP contribution >= 0.6 is 27.5 Å². The van der Waals surface area contributed by atoms with E-state index < -0.39 is 5.54 Å². The zero-order valence-electron chi connectivity index (χ0n) is 10.0. The third-order valence-corrected chi connectivity index (χ3v) is 4.18. The first-order valence-corrected chi connectivity index (χ1v) is 7.24. The van der Waals surface area contributed by atoms with Crippen LogP contribution in [0, 0.1) is 0 Å². The van der Waals surface area contributed by atoms with Crippen molar-refractivity contribution < 1.29 is 4.79 Å². The number of carbonyl (C=O) groups excluding carboxylic acids is 1. The summed E-state index contributed by atoms with van der Waals surface area (Å²) in [5, 5.41) is 3.34. The van der Waals surface area contributed by atoms with Crippen molar-refractivity contribution in [3.05, 3.63) is 27.7 Å². The molecule has 1 aliphatic carbocycles. The monoisotopic (exact) mass is 330 g/mol. The van der Waals surface area contributed by atoms with Crippen LogP contribution < -0.4 is 11.1 Å². The smallest absolute Gasteiger partial charge is 0.244 e. The van der Waals surface area contributed by atoms with E-state index in [0.29, 0.717) is 10.7 Å². The number of nitrogens with one attached hydrogen (secondary N) is 1. The number of carbonyl (C=O) groups is 1. The van der Waals surface area contributed by atoms with Crippen LogP contribution in [0.3, 0.4) is 0 Å². The largest absolute Gasteiger partial charge is 0.323 e. The van der Waals surface area contributed by atoms with Gasteiger partial charge in [0, 0.05) is 4.47 Å². The van der Waals surface area contributed by atoms with Gasteiger partial charge in [0.2, 0.25) is 5.91 Å². The Morgan fingerprint density at radius 3 is 2.61 bits per heavy atom. The zero-order chi connectivity index (χ0) is 13.2. The quantitative estimate of drug-likeness (QED) is 0.868. The van der Waals surface area contributed by atoms with Crippen LogP contribution in [0.1, 0.15) is 32.1 Å². The van der Waals surface area contributed by atoms with Gasteiger partial charge < -0.3 is 11.1 Å². The fraction of sp³-hybridized carbons (Fsp3) is 0.462. The van der Waals surface area contributed by atoms with E-state index in [9.17, 15) is 4.79 Å². The highest BCUT2D eigenvalue weighted by Crippen LogP contribution is 2.30. The molecule has 3 N–H and O–H groups in total. The number of halogens is 2. The fourth-order valence-electron chi connectivity index (χ4n) is 2.25. The first kappa shape index (κ1) is 13.8. The van der Waals surface area contributed by atoms with Gasteiger partial charge >= 0.3 is 0 Å². The maximum atomic E-state index is 12.2. The fourth-order valence-corrected chi connectivity index (χ4v) is 2.97. The average Bonchev–Trinajstić information content (AvgIpc) is 2.33. The lowest BCUT2D eigenvalue weighted by atomic mass is 9.82. The van der Waals surface area contributed by atoms with Crippen LogP contribution in [-0.4, -0.2) is 11.4 Å². The van der Waals surface area contributed by atoms with E-state index in [1.54, 1.807) is 12.1 Å². The van der Waals surface area contributed by atoms with Crippen molar-refractivity contribution in [2.75, 3.05) is 5.32 Å². The predicted molar refractivity (Wildman–Crippen MR) is 77.8 cm³/mol. The van der Waals surface area contributed by atoms with E-state index in [2.05, 4.69) is 21.2 Å². The molecule has 3 nitrogen and oxygen atoms in total. The normalized spacial score (nSPS) is 18.4. The number of amides is 1. The molecule has 5 heteroatoms. The van der Waals surface area contributed by atoms with Crippen molar-refractivity contribution in [3.63, 3.8) is 0 Å². The number of hydrogen-bond acceptors (Lipinski definition) is 2. The van der Waals surface area contributed by atoms with E-state index in [0.717, 1.165) is 36.6 Å². The van der Waals surface area contributed by atoms with Gasteiger partial charge in [-0.25, -0.2) is 0 Å². The van der Waals surface area contributed by atoms with Crippen molar-refractivity contribution in [1.82, 2.24) is 0 Å². The van der Waals surface area contributed by atoms with E-state index >= 15 is 0 Å². The predicted octanol–water partition coefficient (Wildman–Crippen LogP) is 3.70. The minimum absolute atomic E-state index is 0.133. The summed E-state index contributed by atoms with van der Waals surface area (Å²) in [6.45, 7) is 0. The van der Waals surface area contributed by atoms with Gasteiger partial charge in [0.25, 0.3) is 0 Å². The lowest BCUT2D eigenvalue weighted by molar-refractivity contribution is -0.122. The summed E-state index contributed by atoms with van der Waals surface area (Å²) in [5.41, 5.74) is 6.04. The highest BCUT2D eigenvalue weighted by Gasteiger charge is 2.35. The third kappa shape index (κ3) is 3.05. The molecular formula is C13H16BrClN2O. The van der Waals surface area contributed by atoms with E-state index in [1.807, 2.05) is 6.07 Å². The molecule has 1 aromatic carbocycles. The number of rotatable bonds is 2. The first-order valence-electron chi connectivity index (χ1n) is 6.07. The summed E-state index contributed by atoms with van der Waals surface area (Å²) in [6.07, 6.45) is 4.67. The molecule has 0 spiro atoms. The zero-order valence-corrected chi connectivity index (χ0v) is 12.4. The van der Waals surface area contributed by atoms with Gasteiger partial charge in [-0.15, -0.1) is 0 Å². The molecule has 0 atom stereocenters. The van der Waals surface area contributed by atoms with Crippen LogP contribution in [0.4, 0.5) is 5.69 Å². The molecule has 2 rings (SSSR count). The second-order valence-corrected chi connectivity index (χ2v) is 6.12. The van der Waals surface area contributed by atoms with Crippen molar-refractivity contribution in [3.8, 4) is 0 Å². The summed E-state index contributed by atoms with van der Waals surface area (Å²) < 4.78 is 0.880. The number of nitrogens with two attached hydrogens (primary N) is 1. The Labute approximate surface area is 120 Å². The number of hydrogen-bond donors (Lipinski definition) is 2. The van der Waals surface area contributed by atoms with E-state index in [4.69, 9.17) is 17.3 Å². The molecule has 1 amide bonds. The van der Waals surface area contributed by atoms with Gasteiger partial charge in [0.15, 0.2) is 0 Å². The Kier molecular flexibility index (Phi) is 4.30. The Morgan fingerprint density at radius 1 is 1.33 bits per heavy atom.